The maximum Gasteiger partial charge on any atom is 0.253 e. The molecule has 1 atom stereocenters. The van der Waals surface area contributed by atoms with Gasteiger partial charge in [-0.3, -0.25) is 4.79 Å². The number of piperidine rings is 1. The maximum atomic E-state index is 12.3. The molecule has 0 radical (unpaired) electrons. The number of benzene rings is 2. The normalized spacial score (nSPS) is 22.8. The number of carbonyl (C=O) groups excluding carboxylic acids is 1. The van der Waals surface area contributed by atoms with Gasteiger partial charge in [-0.2, -0.15) is 0 Å². The second-order valence-electron chi connectivity index (χ2n) is 8.69. The summed E-state index contributed by atoms with van der Waals surface area (Å²) >= 11 is 0. The molecule has 0 aromatic heterocycles. The molecule has 0 bridgehead atoms. The van der Waals surface area contributed by atoms with Crippen molar-refractivity contribution >= 4 is 5.91 Å². The van der Waals surface area contributed by atoms with Gasteiger partial charge in [0, 0.05) is 38.2 Å². The third-order valence-corrected chi connectivity index (χ3v) is 6.27. The molecule has 1 saturated heterocycles. The van der Waals surface area contributed by atoms with Crippen LogP contribution in [0.1, 0.15) is 47.2 Å². The molecule has 1 amide bonds. The molecule has 28 heavy (non-hydrogen) atoms. The van der Waals surface area contributed by atoms with Crippen LogP contribution in [0.4, 0.5) is 0 Å². The van der Waals surface area contributed by atoms with Crippen molar-refractivity contribution in [1.82, 2.24) is 9.80 Å². The van der Waals surface area contributed by atoms with Crippen LogP contribution in [-0.4, -0.2) is 54.5 Å². The molecular weight excluding hydrogens is 348 g/mol. The first kappa shape index (κ1) is 19.0. The molecule has 4 heteroatoms. The topological polar surface area (TPSA) is 43.8 Å². The summed E-state index contributed by atoms with van der Waals surface area (Å²) in [5.74, 6) is 1.20. The maximum absolute atomic E-state index is 12.3. The molecule has 4 rings (SSSR count). The van der Waals surface area contributed by atoms with E-state index in [-0.39, 0.29) is 11.3 Å². The van der Waals surface area contributed by atoms with Crippen LogP contribution in [0.15, 0.2) is 48.5 Å². The van der Waals surface area contributed by atoms with Crippen molar-refractivity contribution in [3.05, 3.63) is 65.2 Å². The largest absolute Gasteiger partial charge is 0.508 e. The highest BCUT2D eigenvalue weighted by Crippen LogP contribution is 2.42. The van der Waals surface area contributed by atoms with Gasteiger partial charge >= 0.3 is 0 Å². The van der Waals surface area contributed by atoms with Gasteiger partial charge in [-0.25, -0.2) is 0 Å². The Morgan fingerprint density at radius 1 is 1.14 bits per heavy atom. The first-order valence-corrected chi connectivity index (χ1v) is 10.3. The Hall–Kier alpha value is -2.33. The number of rotatable bonds is 5. The van der Waals surface area contributed by atoms with Gasteiger partial charge in [-0.1, -0.05) is 24.3 Å². The average Bonchev–Trinajstić information content (AvgIpc) is 3.51. The Bertz CT molecular complexity index is 842. The zero-order valence-electron chi connectivity index (χ0n) is 16.9. The van der Waals surface area contributed by atoms with Gasteiger partial charge in [0.15, 0.2) is 0 Å². The Labute approximate surface area is 167 Å². The fraction of sp³-hybridized carbons (Fsp3) is 0.458. The van der Waals surface area contributed by atoms with E-state index in [0.717, 1.165) is 31.8 Å². The van der Waals surface area contributed by atoms with Gasteiger partial charge in [-0.15, -0.1) is 0 Å². The first-order valence-electron chi connectivity index (χ1n) is 10.3. The lowest BCUT2D eigenvalue weighted by Gasteiger charge is -2.44. The van der Waals surface area contributed by atoms with Crippen molar-refractivity contribution in [2.75, 3.05) is 33.7 Å². The molecule has 148 valence electrons. The summed E-state index contributed by atoms with van der Waals surface area (Å²) in [6.07, 6.45) is 4.91. The Balaban J connectivity index is 1.71. The van der Waals surface area contributed by atoms with Gasteiger partial charge in [0.2, 0.25) is 0 Å². The second kappa shape index (κ2) is 7.59. The van der Waals surface area contributed by atoms with Crippen LogP contribution in [0.25, 0.3) is 0 Å². The lowest BCUT2D eigenvalue weighted by Crippen LogP contribution is -2.47. The molecule has 2 fully saturated rings. The third-order valence-electron chi connectivity index (χ3n) is 6.27. The van der Waals surface area contributed by atoms with Crippen LogP contribution in [-0.2, 0) is 5.41 Å². The van der Waals surface area contributed by atoms with Crippen LogP contribution < -0.4 is 0 Å². The van der Waals surface area contributed by atoms with E-state index in [9.17, 15) is 9.90 Å². The molecule has 4 nitrogen and oxygen atoms in total. The van der Waals surface area contributed by atoms with Crippen LogP contribution in [0.3, 0.4) is 0 Å². The molecule has 1 heterocycles. The standard InChI is InChI=1S/C24H30N2O2/c1-25(2)23(28)19-9-11-20(12-10-19)24(21-5-3-6-22(27)15-21)13-4-14-26(17-24)16-18-7-8-18/h3,5-6,9-12,15,18,27H,4,7-8,13-14,16-17H2,1-2H3. The molecule has 1 aliphatic carbocycles. The van der Waals surface area contributed by atoms with Crippen LogP contribution >= 0.6 is 0 Å². The fourth-order valence-electron chi connectivity index (χ4n) is 4.60. The summed E-state index contributed by atoms with van der Waals surface area (Å²) in [6.45, 7) is 3.29. The van der Waals surface area contributed by atoms with E-state index in [1.165, 1.54) is 30.5 Å². The lowest BCUT2D eigenvalue weighted by atomic mass is 9.69. The number of hydrogen-bond acceptors (Lipinski definition) is 3. The summed E-state index contributed by atoms with van der Waals surface area (Å²) in [5, 5.41) is 10.1. The molecular formula is C24H30N2O2. The predicted octanol–water partition coefficient (Wildman–Crippen LogP) is 3.89. The lowest BCUT2D eigenvalue weighted by molar-refractivity contribution is 0.0827. The fourth-order valence-corrected chi connectivity index (χ4v) is 4.60. The monoisotopic (exact) mass is 378 g/mol. The van der Waals surface area contributed by atoms with Crippen LogP contribution in [0.2, 0.25) is 0 Å². The minimum Gasteiger partial charge on any atom is -0.508 e. The van der Waals surface area contributed by atoms with E-state index in [4.69, 9.17) is 0 Å². The molecule has 2 aromatic carbocycles. The summed E-state index contributed by atoms with van der Waals surface area (Å²) in [4.78, 5) is 16.5. The van der Waals surface area contributed by atoms with Crippen molar-refractivity contribution in [2.24, 2.45) is 5.92 Å². The highest BCUT2D eigenvalue weighted by atomic mass is 16.3. The average molecular weight is 379 g/mol. The van der Waals surface area contributed by atoms with E-state index in [1.807, 2.05) is 24.3 Å². The Morgan fingerprint density at radius 3 is 2.54 bits per heavy atom. The van der Waals surface area contributed by atoms with E-state index < -0.39 is 0 Å². The number of amides is 1. The van der Waals surface area contributed by atoms with Crippen molar-refractivity contribution < 1.29 is 9.90 Å². The summed E-state index contributed by atoms with van der Waals surface area (Å²) in [5.41, 5.74) is 2.96. The quantitative estimate of drug-likeness (QED) is 0.859. The van der Waals surface area contributed by atoms with Crippen molar-refractivity contribution in [2.45, 2.75) is 31.1 Å². The summed E-state index contributed by atoms with van der Waals surface area (Å²) in [6, 6.07) is 15.8. The number of carbonyl (C=O) groups is 1. The Morgan fingerprint density at radius 2 is 1.89 bits per heavy atom. The number of aromatic hydroxyl groups is 1. The van der Waals surface area contributed by atoms with Crippen molar-refractivity contribution in [3.63, 3.8) is 0 Å². The van der Waals surface area contributed by atoms with Gasteiger partial charge in [0.25, 0.3) is 5.91 Å². The summed E-state index contributed by atoms with van der Waals surface area (Å²) < 4.78 is 0. The molecule has 1 aliphatic heterocycles. The van der Waals surface area contributed by atoms with E-state index in [2.05, 4.69) is 23.1 Å². The number of likely N-dealkylation sites (tertiary alicyclic amines) is 1. The Kier molecular flexibility index (Phi) is 5.15. The van der Waals surface area contributed by atoms with Gasteiger partial charge < -0.3 is 14.9 Å². The van der Waals surface area contributed by atoms with Crippen molar-refractivity contribution in [1.29, 1.82) is 0 Å². The molecule has 1 N–H and O–H groups in total. The molecule has 1 unspecified atom stereocenters. The molecule has 1 saturated carbocycles. The van der Waals surface area contributed by atoms with Crippen molar-refractivity contribution in [3.8, 4) is 5.75 Å². The zero-order chi connectivity index (χ0) is 19.7. The molecule has 2 aliphatic rings. The van der Waals surface area contributed by atoms with Crippen LogP contribution in [0.5, 0.6) is 5.75 Å². The first-order chi connectivity index (χ1) is 13.5. The smallest absolute Gasteiger partial charge is 0.253 e. The molecule has 2 aromatic rings. The second-order valence-corrected chi connectivity index (χ2v) is 8.69. The highest BCUT2D eigenvalue weighted by molar-refractivity contribution is 5.93. The minimum absolute atomic E-state index is 0.0250. The number of phenolic OH excluding ortho intramolecular Hbond substituents is 1. The van der Waals surface area contributed by atoms with Crippen LogP contribution in [0, 0.1) is 5.92 Å². The summed E-state index contributed by atoms with van der Waals surface area (Å²) in [7, 11) is 3.56. The van der Waals surface area contributed by atoms with Gasteiger partial charge in [0.05, 0.1) is 0 Å². The third kappa shape index (κ3) is 3.79. The zero-order valence-corrected chi connectivity index (χ0v) is 16.9. The number of hydrogen-bond donors (Lipinski definition) is 1. The predicted molar refractivity (Wildman–Crippen MR) is 112 cm³/mol. The van der Waals surface area contributed by atoms with E-state index in [0.29, 0.717) is 11.3 Å². The van der Waals surface area contributed by atoms with Gasteiger partial charge in [-0.05, 0) is 73.5 Å². The van der Waals surface area contributed by atoms with E-state index >= 15 is 0 Å². The van der Waals surface area contributed by atoms with E-state index in [1.54, 1.807) is 25.1 Å². The number of phenols is 1. The minimum atomic E-state index is -0.147. The number of nitrogens with zero attached hydrogens (tertiary/aromatic N) is 2. The highest BCUT2D eigenvalue weighted by Gasteiger charge is 2.40. The SMILES string of the molecule is CN(C)C(=O)c1ccc(C2(c3cccc(O)c3)CCCN(CC3CC3)C2)cc1. The van der Waals surface area contributed by atoms with Gasteiger partial charge in [0.1, 0.15) is 5.75 Å². The molecule has 0 spiro atoms.